The maximum atomic E-state index is 11.0. The van der Waals surface area contributed by atoms with E-state index in [1.165, 1.54) is 19.3 Å². The van der Waals surface area contributed by atoms with E-state index in [4.69, 9.17) is 4.74 Å². The van der Waals surface area contributed by atoms with Crippen LogP contribution in [0.4, 0.5) is 0 Å². The number of hydrogen-bond acceptors (Lipinski definition) is 3. The van der Waals surface area contributed by atoms with Gasteiger partial charge in [0.2, 0.25) is 0 Å². The number of unbranched alkanes of at least 4 members (excludes halogenated alkanes) is 1. The number of esters is 1. The van der Waals surface area contributed by atoms with Gasteiger partial charge in [-0.2, -0.15) is 0 Å². The van der Waals surface area contributed by atoms with Crippen molar-refractivity contribution in [1.29, 1.82) is 0 Å². The zero-order valence-corrected chi connectivity index (χ0v) is 10.3. The van der Waals surface area contributed by atoms with Gasteiger partial charge < -0.3 is 10.1 Å². The molecule has 3 heteroatoms. The van der Waals surface area contributed by atoms with Crippen LogP contribution in [-0.2, 0) is 9.53 Å². The molecule has 0 heterocycles. The summed E-state index contributed by atoms with van der Waals surface area (Å²) in [6.45, 7) is 8.54. The van der Waals surface area contributed by atoms with Crippen molar-refractivity contribution in [3.05, 3.63) is 0 Å². The largest absolute Gasteiger partial charge is 0.466 e. The molecule has 3 nitrogen and oxygen atoms in total. The van der Waals surface area contributed by atoms with Crippen LogP contribution in [0.15, 0.2) is 0 Å². The molecule has 0 saturated carbocycles. The summed E-state index contributed by atoms with van der Waals surface area (Å²) >= 11 is 0. The number of carbonyl (C=O) groups is 1. The van der Waals surface area contributed by atoms with Crippen LogP contribution >= 0.6 is 0 Å². The van der Waals surface area contributed by atoms with Crippen LogP contribution < -0.4 is 5.32 Å². The van der Waals surface area contributed by atoms with E-state index in [1.54, 1.807) is 0 Å². The Kier molecular flexibility index (Phi) is 9.59. The van der Waals surface area contributed by atoms with Crippen molar-refractivity contribution in [3.63, 3.8) is 0 Å². The van der Waals surface area contributed by atoms with Crippen molar-refractivity contribution in [2.24, 2.45) is 5.92 Å². The maximum Gasteiger partial charge on any atom is 0.307 e. The lowest BCUT2D eigenvalue weighted by atomic mass is 10.1. The van der Waals surface area contributed by atoms with Gasteiger partial charge in [0.15, 0.2) is 0 Å². The third-order valence-electron chi connectivity index (χ3n) is 2.20. The summed E-state index contributed by atoms with van der Waals surface area (Å²) in [7, 11) is 0. The summed E-state index contributed by atoms with van der Waals surface area (Å²) in [5, 5.41) is 3.25. The Bertz CT molecular complexity index is 158. The molecule has 0 aliphatic carbocycles. The standard InChI is InChI=1S/C12H25NO2/c1-4-15-12(14)8-10-13-9-6-5-7-11(2)3/h11,13H,4-10H2,1-3H3. The molecule has 0 saturated heterocycles. The molecule has 0 aliphatic rings. The van der Waals surface area contributed by atoms with Crippen LogP contribution in [-0.4, -0.2) is 25.7 Å². The van der Waals surface area contributed by atoms with E-state index < -0.39 is 0 Å². The second-order valence-corrected chi connectivity index (χ2v) is 4.19. The predicted octanol–water partition coefficient (Wildman–Crippen LogP) is 2.36. The topological polar surface area (TPSA) is 38.3 Å². The highest BCUT2D eigenvalue weighted by molar-refractivity contribution is 5.69. The molecule has 0 fully saturated rings. The zero-order valence-electron chi connectivity index (χ0n) is 10.3. The first kappa shape index (κ1) is 14.4. The van der Waals surface area contributed by atoms with Gasteiger partial charge in [-0.1, -0.05) is 26.7 Å². The molecule has 1 N–H and O–H groups in total. The average molecular weight is 215 g/mol. The fourth-order valence-electron chi connectivity index (χ4n) is 1.35. The average Bonchev–Trinajstić information content (AvgIpc) is 2.16. The van der Waals surface area contributed by atoms with Gasteiger partial charge in [-0.05, 0) is 25.8 Å². The van der Waals surface area contributed by atoms with E-state index in [2.05, 4.69) is 19.2 Å². The normalized spacial score (nSPS) is 10.7. The van der Waals surface area contributed by atoms with Gasteiger partial charge >= 0.3 is 5.97 Å². The lowest BCUT2D eigenvalue weighted by Crippen LogP contribution is -2.20. The summed E-state index contributed by atoms with van der Waals surface area (Å²) in [5.41, 5.74) is 0. The minimum Gasteiger partial charge on any atom is -0.466 e. The molecule has 0 radical (unpaired) electrons. The molecule has 0 unspecified atom stereocenters. The Labute approximate surface area is 93.6 Å². The quantitative estimate of drug-likeness (QED) is 0.474. The Morgan fingerprint density at radius 3 is 2.60 bits per heavy atom. The van der Waals surface area contributed by atoms with Crippen LogP contribution in [0.3, 0.4) is 0 Å². The fraction of sp³-hybridized carbons (Fsp3) is 0.917. The molecule has 0 bridgehead atoms. The van der Waals surface area contributed by atoms with Crippen LogP contribution in [0.25, 0.3) is 0 Å². The smallest absolute Gasteiger partial charge is 0.307 e. The SMILES string of the molecule is CCOC(=O)CCNCCCCC(C)C. The number of rotatable bonds is 9. The number of ether oxygens (including phenoxy) is 1. The van der Waals surface area contributed by atoms with Gasteiger partial charge in [0, 0.05) is 6.54 Å². The Hall–Kier alpha value is -0.570. The summed E-state index contributed by atoms with van der Waals surface area (Å²) in [5.74, 6) is 0.691. The number of hydrogen-bond donors (Lipinski definition) is 1. The van der Waals surface area contributed by atoms with Crippen molar-refractivity contribution in [1.82, 2.24) is 5.32 Å². The predicted molar refractivity (Wildman–Crippen MR) is 62.8 cm³/mol. The van der Waals surface area contributed by atoms with E-state index in [-0.39, 0.29) is 5.97 Å². The number of carbonyl (C=O) groups excluding carboxylic acids is 1. The molecule has 15 heavy (non-hydrogen) atoms. The highest BCUT2D eigenvalue weighted by Crippen LogP contribution is 2.04. The van der Waals surface area contributed by atoms with Crippen LogP contribution in [0.5, 0.6) is 0 Å². The summed E-state index contributed by atoms with van der Waals surface area (Å²) in [6.07, 6.45) is 4.24. The van der Waals surface area contributed by atoms with Crippen molar-refractivity contribution in [3.8, 4) is 0 Å². The van der Waals surface area contributed by atoms with Gasteiger partial charge in [-0.3, -0.25) is 4.79 Å². The summed E-state index contributed by atoms with van der Waals surface area (Å²) in [4.78, 5) is 11.0. The second kappa shape index (κ2) is 9.97. The van der Waals surface area contributed by atoms with Crippen LogP contribution in [0, 0.1) is 5.92 Å². The van der Waals surface area contributed by atoms with Crippen LogP contribution in [0.1, 0.15) is 46.5 Å². The second-order valence-electron chi connectivity index (χ2n) is 4.19. The summed E-state index contributed by atoms with van der Waals surface area (Å²) in [6, 6.07) is 0. The highest BCUT2D eigenvalue weighted by Gasteiger charge is 1.99. The molecule has 0 aliphatic heterocycles. The maximum absolute atomic E-state index is 11.0. The van der Waals surface area contributed by atoms with E-state index >= 15 is 0 Å². The monoisotopic (exact) mass is 215 g/mol. The van der Waals surface area contributed by atoms with Gasteiger partial charge in [0.25, 0.3) is 0 Å². The molecule has 0 amide bonds. The molecule has 90 valence electrons. The van der Waals surface area contributed by atoms with E-state index in [0.29, 0.717) is 13.0 Å². The highest BCUT2D eigenvalue weighted by atomic mass is 16.5. The van der Waals surface area contributed by atoms with Crippen molar-refractivity contribution < 1.29 is 9.53 Å². The molecule has 0 aromatic carbocycles. The molecule has 0 aromatic rings. The van der Waals surface area contributed by atoms with Gasteiger partial charge in [-0.15, -0.1) is 0 Å². The third kappa shape index (κ3) is 11.4. The minimum atomic E-state index is -0.104. The zero-order chi connectivity index (χ0) is 11.5. The van der Waals surface area contributed by atoms with Gasteiger partial charge in [0.1, 0.15) is 0 Å². The Balaban J connectivity index is 3.08. The first-order valence-electron chi connectivity index (χ1n) is 6.03. The minimum absolute atomic E-state index is 0.104. The number of nitrogens with one attached hydrogen (secondary N) is 1. The third-order valence-corrected chi connectivity index (χ3v) is 2.20. The van der Waals surface area contributed by atoms with E-state index in [0.717, 1.165) is 19.0 Å². The molecular weight excluding hydrogens is 190 g/mol. The molecule has 0 spiro atoms. The lowest BCUT2D eigenvalue weighted by Gasteiger charge is -2.06. The van der Waals surface area contributed by atoms with Gasteiger partial charge in [0.05, 0.1) is 13.0 Å². The molecular formula is C12H25NO2. The Morgan fingerprint density at radius 1 is 1.27 bits per heavy atom. The molecule has 0 rings (SSSR count). The van der Waals surface area contributed by atoms with Crippen molar-refractivity contribution in [2.75, 3.05) is 19.7 Å². The van der Waals surface area contributed by atoms with E-state index in [1.807, 2.05) is 6.92 Å². The van der Waals surface area contributed by atoms with Gasteiger partial charge in [-0.25, -0.2) is 0 Å². The van der Waals surface area contributed by atoms with E-state index in [9.17, 15) is 4.79 Å². The van der Waals surface area contributed by atoms with Crippen molar-refractivity contribution in [2.45, 2.75) is 46.5 Å². The first-order valence-corrected chi connectivity index (χ1v) is 6.03. The van der Waals surface area contributed by atoms with Crippen LogP contribution in [0.2, 0.25) is 0 Å². The summed E-state index contributed by atoms with van der Waals surface area (Å²) < 4.78 is 4.82. The molecule has 0 aromatic heterocycles. The Morgan fingerprint density at radius 2 is 2.00 bits per heavy atom. The lowest BCUT2D eigenvalue weighted by molar-refractivity contribution is -0.142. The molecule has 0 atom stereocenters. The first-order chi connectivity index (χ1) is 7.16. The van der Waals surface area contributed by atoms with Crippen molar-refractivity contribution >= 4 is 5.97 Å². The fourth-order valence-corrected chi connectivity index (χ4v) is 1.35.